The highest BCUT2D eigenvalue weighted by molar-refractivity contribution is 5.70. The molecular formula is C48H88O15. The largest absolute Gasteiger partial charge is 0.462 e. The van der Waals surface area contributed by atoms with E-state index in [1.165, 1.54) is 89.9 Å². The van der Waals surface area contributed by atoms with Crippen LogP contribution in [0.5, 0.6) is 0 Å². The Labute approximate surface area is 378 Å². The molecule has 2 saturated heterocycles. The Kier molecular flexibility index (Phi) is 33.1. The number of unbranched alkanes of at least 4 members (excludes halogenated alkanes) is 22. The van der Waals surface area contributed by atoms with Crippen molar-refractivity contribution >= 4 is 11.9 Å². The normalized spacial score (nSPS) is 26.9. The van der Waals surface area contributed by atoms with Crippen LogP contribution in [0.3, 0.4) is 0 Å². The molecule has 0 amide bonds. The van der Waals surface area contributed by atoms with E-state index in [4.69, 9.17) is 28.4 Å². The molecule has 2 rings (SSSR count). The summed E-state index contributed by atoms with van der Waals surface area (Å²) in [6.07, 6.45) is 16.8. The maximum atomic E-state index is 12.9. The van der Waals surface area contributed by atoms with Gasteiger partial charge in [-0.05, 0) is 32.1 Å². The van der Waals surface area contributed by atoms with Gasteiger partial charge in [-0.25, -0.2) is 0 Å². The lowest BCUT2D eigenvalue weighted by Crippen LogP contribution is -2.61. The first-order valence-corrected chi connectivity index (χ1v) is 24.8. The fourth-order valence-corrected chi connectivity index (χ4v) is 7.84. The van der Waals surface area contributed by atoms with Gasteiger partial charge in [-0.15, -0.1) is 0 Å². The van der Waals surface area contributed by atoms with Gasteiger partial charge in [-0.2, -0.15) is 0 Å². The smallest absolute Gasteiger partial charge is 0.306 e. The number of aliphatic hydroxyl groups excluding tert-OH is 7. The lowest BCUT2D eigenvalue weighted by Gasteiger charge is -2.42. The van der Waals surface area contributed by atoms with Crippen LogP contribution in [-0.2, 0) is 38.0 Å². The molecule has 2 aliphatic rings. The van der Waals surface area contributed by atoms with Crippen LogP contribution in [0.2, 0.25) is 0 Å². The summed E-state index contributed by atoms with van der Waals surface area (Å²) < 4.78 is 33.5. The van der Waals surface area contributed by atoms with Crippen LogP contribution in [0.1, 0.15) is 187 Å². The second-order valence-electron chi connectivity index (χ2n) is 17.6. The third-order valence-electron chi connectivity index (χ3n) is 12.0. The molecule has 370 valence electrons. The summed E-state index contributed by atoms with van der Waals surface area (Å²) in [5.41, 5.74) is 0. The van der Waals surface area contributed by atoms with E-state index in [1.807, 2.05) is 0 Å². The number of hydrogen-bond acceptors (Lipinski definition) is 15. The number of allylic oxidation sites excluding steroid dienone is 2. The summed E-state index contributed by atoms with van der Waals surface area (Å²) in [5, 5.41) is 71.9. The lowest BCUT2D eigenvalue weighted by atomic mass is 9.98. The molecule has 11 unspecified atom stereocenters. The van der Waals surface area contributed by atoms with Crippen molar-refractivity contribution in [1.82, 2.24) is 0 Å². The molecule has 15 heteroatoms. The maximum Gasteiger partial charge on any atom is 0.306 e. The SMILES string of the molecule is CCCC/C=C\CCCCCCCC(=O)OC(COC(=O)CCCCCCCCCCCCCCCCCC)COC1OC(COC2OC(CO)C(O)C(O)C2O)C(O)C(O)C1O. The van der Waals surface area contributed by atoms with E-state index in [9.17, 15) is 45.3 Å². The third-order valence-corrected chi connectivity index (χ3v) is 12.0. The Morgan fingerprint density at radius 3 is 1.44 bits per heavy atom. The molecular weight excluding hydrogens is 817 g/mol. The second-order valence-corrected chi connectivity index (χ2v) is 17.6. The van der Waals surface area contributed by atoms with Gasteiger partial charge < -0.3 is 64.2 Å². The highest BCUT2D eigenvalue weighted by Crippen LogP contribution is 2.26. The van der Waals surface area contributed by atoms with Crippen molar-refractivity contribution in [3.8, 4) is 0 Å². The lowest BCUT2D eigenvalue weighted by molar-refractivity contribution is -0.332. The summed E-state index contributed by atoms with van der Waals surface area (Å²) in [6, 6.07) is 0. The zero-order valence-corrected chi connectivity index (χ0v) is 38.8. The summed E-state index contributed by atoms with van der Waals surface area (Å²) in [6.45, 7) is 2.55. The zero-order valence-electron chi connectivity index (χ0n) is 38.8. The summed E-state index contributed by atoms with van der Waals surface area (Å²) in [7, 11) is 0. The van der Waals surface area contributed by atoms with Gasteiger partial charge in [0.2, 0.25) is 0 Å². The molecule has 0 aromatic heterocycles. The summed E-state index contributed by atoms with van der Waals surface area (Å²) in [4.78, 5) is 25.7. The van der Waals surface area contributed by atoms with Crippen molar-refractivity contribution in [3.05, 3.63) is 12.2 Å². The Hall–Kier alpha value is -1.76. The van der Waals surface area contributed by atoms with Gasteiger partial charge in [0.15, 0.2) is 18.7 Å². The van der Waals surface area contributed by atoms with Gasteiger partial charge in [-0.3, -0.25) is 9.59 Å². The van der Waals surface area contributed by atoms with E-state index < -0.39 is 92.7 Å². The standard InChI is InChI=1S/C48H88O15/c1-3-5-7-9-11-13-15-16-17-18-19-21-22-24-26-28-30-39(50)58-33-36(61-40(51)31-29-27-25-23-20-14-12-10-8-6-4-2)34-59-47-46(57)44(55)42(53)38(63-47)35-60-48-45(56)43(54)41(52)37(32-49)62-48/h10,12,36-38,41-49,52-57H,3-9,11,13-35H2,1-2H3/b12-10-. The molecule has 2 fully saturated rings. The Balaban J connectivity index is 1.81. The third kappa shape index (κ3) is 25.1. The molecule has 0 aliphatic carbocycles. The van der Waals surface area contributed by atoms with Gasteiger partial charge in [0.05, 0.1) is 19.8 Å². The monoisotopic (exact) mass is 905 g/mol. The van der Waals surface area contributed by atoms with Crippen molar-refractivity contribution in [3.63, 3.8) is 0 Å². The van der Waals surface area contributed by atoms with Crippen molar-refractivity contribution in [2.45, 2.75) is 255 Å². The van der Waals surface area contributed by atoms with E-state index in [0.717, 1.165) is 57.8 Å². The average Bonchev–Trinajstić information content (AvgIpc) is 3.28. The molecule has 0 radical (unpaired) electrons. The molecule has 0 saturated carbocycles. The van der Waals surface area contributed by atoms with Crippen LogP contribution >= 0.6 is 0 Å². The summed E-state index contributed by atoms with van der Waals surface area (Å²) in [5.74, 6) is -0.929. The number of hydrogen-bond donors (Lipinski definition) is 7. The number of aliphatic hydroxyl groups is 7. The van der Waals surface area contributed by atoms with E-state index >= 15 is 0 Å². The number of rotatable bonds is 38. The predicted octanol–water partition coefficient (Wildman–Crippen LogP) is 6.21. The fourth-order valence-electron chi connectivity index (χ4n) is 7.84. The van der Waals surface area contributed by atoms with Crippen LogP contribution in [0.4, 0.5) is 0 Å². The fraction of sp³-hybridized carbons (Fsp3) is 0.917. The number of esters is 2. The van der Waals surface area contributed by atoms with E-state index in [0.29, 0.717) is 12.8 Å². The van der Waals surface area contributed by atoms with Gasteiger partial charge in [-0.1, -0.05) is 154 Å². The van der Waals surface area contributed by atoms with E-state index in [-0.39, 0.29) is 26.1 Å². The topological polar surface area (TPSA) is 231 Å². The molecule has 11 atom stereocenters. The molecule has 0 bridgehead atoms. The number of carbonyl (C=O) groups excluding carboxylic acids is 2. The number of carbonyl (C=O) groups is 2. The van der Waals surface area contributed by atoms with Crippen LogP contribution < -0.4 is 0 Å². The van der Waals surface area contributed by atoms with Crippen molar-refractivity contribution in [2.75, 3.05) is 26.4 Å². The zero-order chi connectivity index (χ0) is 46.1. The van der Waals surface area contributed by atoms with Crippen molar-refractivity contribution in [2.24, 2.45) is 0 Å². The van der Waals surface area contributed by atoms with Crippen LogP contribution in [0, 0.1) is 0 Å². The maximum absolute atomic E-state index is 12.9. The van der Waals surface area contributed by atoms with Gasteiger partial charge >= 0.3 is 11.9 Å². The molecule has 2 heterocycles. The van der Waals surface area contributed by atoms with Crippen LogP contribution in [0.15, 0.2) is 12.2 Å². The predicted molar refractivity (Wildman–Crippen MR) is 238 cm³/mol. The Morgan fingerprint density at radius 1 is 0.492 bits per heavy atom. The van der Waals surface area contributed by atoms with Crippen molar-refractivity contribution in [1.29, 1.82) is 0 Å². The first-order valence-electron chi connectivity index (χ1n) is 24.8. The minimum Gasteiger partial charge on any atom is -0.462 e. The van der Waals surface area contributed by atoms with Gasteiger partial charge in [0.1, 0.15) is 55.4 Å². The molecule has 2 aliphatic heterocycles. The van der Waals surface area contributed by atoms with Gasteiger partial charge in [0.25, 0.3) is 0 Å². The number of ether oxygens (including phenoxy) is 6. The molecule has 0 aromatic rings. The molecule has 0 spiro atoms. The highest BCUT2D eigenvalue weighted by atomic mass is 16.7. The Morgan fingerprint density at radius 2 is 0.921 bits per heavy atom. The van der Waals surface area contributed by atoms with Crippen LogP contribution in [0.25, 0.3) is 0 Å². The molecule has 63 heavy (non-hydrogen) atoms. The minimum absolute atomic E-state index is 0.158. The van der Waals surface area contributed by atoms with Gasteiger partial charge in [0, 0.05) is 12.8 Å². The van der Waals surface area contributed by atoms with Crippen LogP contribution in [-0.4, -0.2) is 142 Å². The second kappa shape index (κ2) is 36.4. The molecule has 15 nitrogen and oxygen atoms in total. The summed E-state index contributed by atoms with van der Waals surface area (Å²) >= 11 is 0. The molecule has 7 N–H and O–H groups in total. The van der Waals surface area contributed by atoms with E-state index in [1.54, 1.807) is 0 Å². The minimum atomic E-state index is -1.76. The first-order chi connectivity index (χ1) is 30.5. The first kappa shape index (κ1) is 57.4. The van der Waals surface area contributed by atoms with E-state index in [2.05, 4.69) is 26.0 Å². The molecule has 0 aromatic carbocycles. The van der Waals surface area contributed by atoms with Crippen molar-refractivity contribution < 1.29 is 73.8 Å². The average molecular weight is 905 g/mol. The quantitative estimate of drug-likeness (QED) is 0.0208. The highest BCUT2D eigenvalue weighted by Gasteiger charge is 2.47. The Bertz CT molecular complexity index is 1160.